The molecular weight excluding hydrogens is 288 g/mol. The molecule has 0 bridgehead atoms. The summed E-state index contributed by atoms with van der Waals surface area (Å²) in [6, 6.07) is 6.54. The third kappa shape index (κ3) is 3.63. The van der Waals surface area contributed by atoms with Crippen LogP contribution in [0.5, 0.6) is 0 Å². The Morgan fingerprint density at radius 3 is 2.24 bits per heavy atom. The van der Waals surface area contributed by atoms with Gasteiger partial charge in [0, 0.05) is 13.1 Å². The summed E-state index contributed by atoms with van der Waals surface area (Å²) in [5.41, 5.74) is 0.718. The second kappa shape index (κ2) is 6.44. The van der Waals surface area contributed by atoms with Gasteiger partial charge in [-0.25, -0.2) is 8.42 Å². The molecule has 21 heavy (non-hydrogen) atoms. The SMILES string of the molecule is CC(O)c1ccc(S(=O)(=O)N(C)C2CCN(C)CC2)cc1. The molecule has 6 heteroatoms. The van der Waals surface area contributed by atoms with Gasteiger partial charge in [-0.1, -0.05) is 12.1 Å². The van der Waals surface area contributed by atoms with Gasteiger partial charge in [0.1, 0.15) is 0 Å². The molecule has 1 atom stereocenters. The molecule has 0 radical (unpaired) electrons. The molecule has 0 aliphatic carbocycles. The van der Waals surface area contributed by atoms with E-state index in [0.717, 1.165) is 31.5 Å². The van der Waals surface area contributed by atoms with Crippen LogP contribution in [-0.4, -0.2) is 56.0 Å². The third-order valence-electron chi connectivity index (χ3n) is 4.24. The standard InChI is InChI=1S/C15H24N2O3S/c1-12(18)13-4-6-15(7-5-13)21(19,20)17(3)14-8-10-16(2)11-9-14/h4-7,12,14,18H,8-11H2,1-3H3. The van der Waals surface area contributed by atoms with Crippen molar-refractivity contribution in [2.75, 3.05) is 27.2 Å². The van der Waals surface area contributed by atoms with Gasteiger partial charge in [0.05, 0.1) is 11.0 Å². The van der Waals surface area contributed by atoms with E-state index in [9.17, 15) is 13.5 Å². The number of benzene rings is 1. The fraction of sp³-hybridized carbons (Fsp3) is 0.600. The Balaban J connectivity index is 2.16. The highest BCUT2D eigenvalue weighted by atomic mass is 32.2. The summed E-state index contributed by atoms with van der Waals surface area (Å²) < 4.78 is 26.8. The molecule has 1 heterocycles. The molecule has 1 N–H and O–H groups in total. The van der Waals surface area contributed by atoms with E-state index in [1.807, 2.05) is 0 Å². The van der Waals surface area contributed by atoms with Gasteiger partial charge in [0.25, 0.3) is 0 Å². The van der Waals surface area contributed by atoms with E-state index in [0.29, 0.717) is 0 Å². The molecule has 1 aromatic carbocycles. The molecule has 1 fully saturated rings. The number of hydrogen-bond acceptors (Lipinski definition) is 4. The number of rotatable bonds is 4. The second-order valence-corrected chi connectivity index (χ2v) is 7.80. The van der Waals surface area contributed by atoms with Gasteiger partial charge < -0.3 is 10.0 Å². The maximum Gasteiger partial charge on any atom is 0.243 e. The maximum atomic E-state index is 12.6. The van der Waals surface area contributed by atoms with E-state index >= 15 is 0 Å². The highest BCUT2D eigenvalue weighted by molar-refractivity contribution is 7.89. The number of likely N-dealkylation sites (tertiary alicyclic amines) is 1. The summed E-state index contributed by atoms with van der Waals surface area (Å²) in [7, 11) is 0.250. The van der Waals surface area contributed by atoms with Crippen molar-refractivity contribution in [2.45, 2.75) is 36.8 Å². The lowest BCUT2D eigenvalue weighted by Crippen LogP contribution is -2.44. The molecule has 1 aliphatic rings. The molecule has 1 saturated heterocycles. The number of hydrogen-bond donors (Lipinski definition) is 1. The van der Waals surface area contributed by atoms with Gasteiger partial charge in [-0.2, -0.15) is 4.31 Å². The minimum atomic E-state index is -3.47. The molecule has 0 aromatic heterocycles. The first-order valence-electron chi connectivity index (χ1n) is 7.27. The van der Waals surface area contributed by atoms with E-state index in [2.05, 4.69) is 11.9 Å². The monoisotopic (exact) mass is 312 g/mol. The zero-order chi connectivity index (χ0) is 15.6. The van der Waals surface area contributed by atoms with Gasteiger partial charge in [-0.05, 0) is 57.6 Å². The van der Waals surface area contributed by atoms with E-state index in [1.54, 1.807) is 38.2 Å². The topological polar surface area (TPSA) is 60.9 Å². The Bertz CT molecular complexity index is 561. The Labute approximate surface area is 127 Å². The Kier molecular flexibility index (Phi) is 5.03. The van der Waals surface area contributed by atoms with Crippen LogP contribution in [0.15, 0.2) is 29.2 Å². The van der Waals surface area contributed by atoms with Crippen molar-refractivity contribution in [1.29, 1.82) is 0 Å². The number of sulfonamides is 1. The van der Waals surface area contributed by atoms with E-state index in [-0.39, 0.29) is 10.9 Å². The van der Waals surface area contributed by atoms with E-state index in [4.69, 9.17) is 0 Å². The smallest absolute Gasteiger partial charge is 0.243 e. The number of aliphatic hydroxyl groups excluding tert-OH is 1. The van der Waals surface area contributed by atoms with Gasteiger partial charge in [0.15, 0.2) is 0 Å². The predicted molar refractivity (Wildman–Crippen MR) is 82.5 cm³/mol. The van der Waals surface area contributed by atoms with Crippen LogP contribution in [0.1, 0.15) is 31.4 Å². The van der Waals surface area contributed by atoms with Crippen molar-refractivity contribution in [2.24, 2.45) is 0 Å². The van der Waals surface area contributed by atoms with Crippen LogP contribution in [0.2, 0.25) is 0 Å². The van der Waals surface area contributed by atoms with Crippen molar-refractivity contribution in [1.82, 2.24) is 9.21 Å². The van der Waals surface area contributed by atoms with Crippen molar-refractivity contribution >= 4 is 10.0 Å². The van der Waals surface area contributed by atoms with E-state index in [1.165, 1.54) is 4.31 Å². The molecule has 0 amide bonds. The van der Waals surface area contributed by atoms with Gasteiger partial charge in [0.2, 0.25) is 10.0 Å². The lowest BCUT2D eigenvalue weighted by atomic mass is 10.1. The first kappa shape index (κ1) is 16.4. The van der Waals surface area contributed by atoms with Crippen LogP contribution >= 0.6 is 0 Å². The zero-order valence-corrected chi connectivity index (χ0v) is 13.7. The molecule has 1 aliphatic heterocycles. The number of piperidine rings is 1. The summed E-state index contributed by atoms with van der Waals surface area (Å²) in [4.78, 5) is 2.50. The molecule has 0 saturated carbocycles. The summed E-state index contributed by atoms with van der Waals surface area (Å²) in [6.07, 6.45) is 1.13. The molecule has 2 rings (SSSR count). The lowest BCUT2D eigenvalue weighted by Gasteiger charge is -2.34. The summed E-state index contributed by atoms with van der Waals surface area (Å²) in [5, 5.41) is 9.49. The van der Waals surface area contributed by atoms with Gasteiger partial charge >= 0.3 is 0 Å². The predicted octanol–water partition coefficient (Wildman–Crippen LogP) is 1.45. The van der Waals surface area contributed by atoms with E-state index < -0.39 is 16.1 Å². The average Bonchev–Trinajstić information content (AvgIpc) is 2.47. The fourth-order valence-electron chi connectivity index (χ4n) is 2.64. The molecule has 118 valence electrons. The third-order valence-corrected chi connectivity index (χ3v) is 6.17. The molecular formula is C15H24N2O3S. The van der Waals surface area contributed by atoms with Crippen molar-refractivity contribution in [3.05, 3.63) is 29.8 Å². The van der Waals surface area contributed by atoms with Crippen molar-refractivity contribution in [3.8, 4) is 0 Å². The van der Waals surface area contributed by atoms with Gasteiger partial charge in [-0.15, -0.1) is 0 Å². The molecule has 0 spiro atoms. The lowest BCUT2D eigenvalue weighted by molar-refractivity contribution is 0.197. The zero-order valence-electron chi connectivity index (χ0n) is 12.9. The summed E-state index contributed by atoms with van der Waals surface area (Å²) in [6.45, 7) is 3.51. The van der Waals surface area contributed by atoms with Crippen LogP contribution < -0.4 is 0 Å². The van der Waals surface area contributed by atoms with Crippen molar-refractivity contribution in [3.63, 3.8) is 0 Å². The summed E-state index contributed by atoms with van der Waals surface area (Å²) >= 11 is 0. The average molecular weight is 312 g/mol. The van der Waals surface area contributed by atoms with Crippen LogP contribution in [0.25, 0.3) is 0 Å². The molecule has 5 nitrogen and oxygen atoms in total. The largest absolute Gasteiger partial charge is 0.389 e. The highest BCUT2D eigenvalue weighted by Gasteiger charge is 2.30. The quantitative estimate of drug-likeness (QED) is 0.914. The van der Waals surface area contributed by atoms with Crippen molar-refractivity contribution < 1.29 is 13.5 Å². The Morgan fingerprint density at radius 1 is 1.24 bits per heavy atom. The Hall–Kier alpha value is -0.950. The first-order chi connectivity index (χ1) is 9.82. The molecule has 1 aromatic rings. The normalized spacial score (nSPS) is 19.9. The van der Waals surface area contributed by atoms with Gasteiger partial charge in [-0.3, -0.25) is 0 Å². The number of nitrogens with zero attached hydrogens (tertiary/aromatic N) is 2. The van der Waals surface area contributed by atoms with Crippen LogP contribution in [0.3, 0.4) is 0 Å². The second-order valence-electron chi connectivity index (χ2n) is 5.80. The van der Waals surface area contributed by atoms with Crippen LogP contribution in [0, 0.1) is 0 Å². The molecule has 1 unspecified atom stereocenters. The first-order valence-corrected chi connectivity index (χ1v) is 8.71. The number of aliphatic hydroxyl groups is 1. The maximum absolute atomic E-state index is 12.6. The highest BCUT2D eigenvalue weighted by Crippen LogP contribution is 2.23. The summed E-state index contributed by atoms with van der Waals surface area (Å²) in [5.74, 6) is 0. The fourth-order valence-corrected chi connectivity index (χ4v) is 4.06. The van der Waals surface area contributed by atoms with Crippen LogP contribution in [0.4, 0.5) is 0 Å². The minimum Gasteiger partial charge on any atom is -0.389 e. The van der Waals surface area contributed by atoms with Crippen LogP contribution in [-0.2, 0) is 10.0 Å². The minimum absolute atomic E-state index is 0.0580. The Morgan fingerprint density at radius 2 is 1.76 bits per heavy atom.